The van der Waals surface area contributed by atoms with E-state index >= 15 is 0 Å². The molecular weight excluding hydrogens is 136 g/mol. The molecular formula is C10H14O. The zero-order chi connectivity index (χ0) is 7.90. The second kappa shape index (κ2) is 2.25. The van der Waals surface area contributed by atoms with Crippen LogP contribution in [-0.4, -0.2) is 10.7 Å². The summed E-state index contributed by atoms with van der Waals surface area (Å²) in [7, 11) is 0. The lowest BCUT2D eigenvalue weighted by Crippen LogP contribution is -2.54. The third-order valence-electron chi connectivity index (χ3n) is 3.35. The Morgan fingerprint density at radius 2 is 2.09 bits per heavy atom. The Bertz CT molecular complexity index is 203. The highest BCUT2D eigenvalue weighted by atomic mass is 16.3. The van der Waals surface area contributed by atoms with Crippen LogP contribution in [0.4, 0.5) is 0 Å². The molecule has 0 saturated heterocycles. The SMILES string of the molecule is C#CC1(O)C[C@H]2CCCC[C@H]21. The summed E-state index contributed by atoms with van der Waals surface area (Å²) in [6.45, 7) is 0. The molecule has 11 heavy (non-hydrogen) atoms. The minimum absolute atomic E-state index is 0.432. The summed E-state index contributed by atoms with van der Waals surface area (Å²) in [5.74, 6) is 3.70. The van der Waals surface area contributed by atoms with Crippen LogP contribution in [-0.2, 0) is 0 Å². The molecule has 2 rings (SSSR count). The highest BCUT2D eigenvalue weighted by Gasteiger charge is 2.51. The zero-order valence-corrected chi connectivity index (χ0v) is 6.71. The molecule has 2 aliphatic carbocycles. The second-order valence-electron chi connectivity index (χ2n) is 3.92. The van der Waals surface area contributed by atoms with Crippen molar-refractivity contribution in [2.75, 3.05) is 0 Å². The number of aliphatic hydroxyl groups is 1. The Kier molecular flexibility index (Phi) is 1.47. The first-order valence-corrected chi connectivity index (χ1v) is 4.46. The van der Waals surface area contributed by atoms with Crippen LogP contribution in [0, 0.1) is 24.2 Å². The van der Waals surface area contributed by atoms with Crippen molar-refractivity contribution in [2.24, 2.45) is 11.8 Å². The summed E-state index contributed by atoms with van der Waals surface area (Å²) in [6.07, 6.45) is 11.2. The molecule has 0 aromatic heterocycles. The van der Waals surface area contributed by atoms with Crippen LogP contribution in [0.25, 0.3) is 0 Å². The highest BCUT2D eigenvalue weighted by molar-refractivity contribution is 5.19. The molecule has 1 N–H and O–H groups in total. The van der Waals surface area contributed by atoms with Crippen molar-refractivity contribution in [1.29, 1.82) is 0 Å². The van der Waals surface area contributed by atoms with Gasteiger partial charge >= 0.3 is 0 Å². The average Bonchev–Trinajstić information content (AvgIpc) is 2.02. The zero-order valence-electron chi connectivity index (χ0n) is 6.71. The van der Waals surface area contributed by atoms with Crippen molar-refractivity contribution < 1.29 is 5.11 Å². The molecule has 1 nitrogen and oxygen atoms in total. The molecule has 0 aromatic rings. The normalized spacial score (nSPS) is 48.7. The van der Waals surface area contributed by atoms with E-state index in [0.29, 0.717) is 5.92 Å². The lowest BCUT2D eigenvalue weighted by Gasteiger charge is -2.51. The lowest BCUT2D eigenvalue weighted by atomic mass is 9.56. The molecule has 1 heteroatoms. The molecule has 0 aromatic carbocycles. The van der Waals surface area contributed by atoms with E-state index in [0.717, 1.165) is 18.8 Å². The maximum atomic E-state index is 9.78. The van der Waals surface area contributed by atoms with E-state index in [2.05, 4.69) is 5.92 Å². The van der Waals surface area contributed by atoms with Gasteiger partial charge < -0.3 is 5.11 Å². The van der Waals surface area contributed by atoms with E-state index in [1.54, 1.807) is 0 Å². The number of hydrogen-bond donors (Lipinski definition) is 1. The fourth-order valence-corrected chi connectivity index (χ4v) is 2.64. The predicted octanol–water partition coefficient (Wildman–Crippen LogP) is 1.56. The van der Waals surface area contributed by atoms with Gasteiger partial charge in [-0.25, -0.2) is 0 Å². The van der Waals surface area contributed by atoms with E-state index in [-0.39, 0.29) is 0 Å². The van der Waals surface area contributed by atoms with E-state index in [1.807, 2.05) is 0 Å². The monoisotopic (exact) mass is 150 g/mol. The highest BCUT2D eigenvalue weighted by Crippen LogP contribution is 2.51. The third kappa shape index (κ3) is 0.895. The Hall–Kier alpha value is -0.480. The summed E-state index contributed by atoms with van der Waals surface area (Å²) in [4.78, 5) is 0. The van der Waals surface area contributed by atoms with Gasteiger partial charge in [0.05, 0.1) is 0 Å². The van der Waals surface area contributed by atoms with Gasteiger partial charge in [0.15, 0.2) is 0 Å². The topological polar surface area (TPSA) is 20.2 Å². The van der Waals surface area contributed by atoms with Gasteiger partial charge in [0, 0.05) is 5.92 Å². The van der Waals surface area contributed by atoms with E-state index in [9.17, 15) is 5.11 Å². The van der Waals surface area contributed by atoms with Crippen LogP contribution in [0.2, 0.25) is 0 Å². The van der Waals surface area contributed by atoms with Gasteiger partial charge in [0.2, 0.25) is 0 Å². The minimum atomic E-state index is -0.717. The number of hydrogen-bond acceptors (Lipinski definition) is 1. The molecule has 0 amide bonds. The Labute approximate surface area is 67.8 Å². The molecule has 60 valence electrons. The van der Waals surface area contributed by atoms with Crippen molar-refractivity contribution in [2.45, 2.75) is 37.7 Å². The molecule has 2 aliphatic rings. The number of fused-ring (bicyclic) bond motifs is 1. The Morgan fingerprint density at radius 3 is 2.73 bits per heavy atom. The van der Waals surface area contributed by atoms with Crippen molar-refractivity contribution in [3.8, 4) is 12.3 Å². The summed E-state index contributed by atoms with van der Waals surface area (Å²) in [5, 5.41) is 9.78. The van der Waals surface area contributed by atoms with Crippen LogP contribution < -0.4 is 0 Å². The van der Waals surface area contributed by atoms with Crippen molar-refractivity contribution in [3.63, 3.8) is 0 Å². The Balaban J connectivity index is 2.07. The van der Waals surface area contributed by atoms with Crippen LogP contribution >= 0.6 is 0 Å². The first-order chi connectivity index (χ1) is 5.26. The van der Waals surface area contributed by atoms with E-state index in [1.165, 1.54) is 19.3 Å². The van der Waals surface area contributed by atoms with Crippen molar-refractivity contribution in [1.82, 2.24) is 0 Å². The van der Waals surface area contributed by atoms with Gasteiger partial charge in [-0.2, -0.15) is 0 Å². The van der Waals surface area contributed by atoms with Crippen LogP contribution in [0.15, 0.2) is 0 Å². The fourth-order valence-electron chi connectivity index (χ4n) is 2.64. The molecule has 2 fully saturated rings. The Morgan fingerprint density at radius 1 is 1.36 bits per heavy atom. The molecule has 0 aliphatic heterocycles. The molecule has 2 saturated carbocycles. The van der Waals surface area contributed by atoms with Gasteiger partial charge in [-0.05, 0) is 25.2 Å². The van der Waals surface area contributed by atoms with Crippen LogP contribution in [0.3, 0.4) is 0 Å². The summed E-state index contributed by atoms with van der Waals surface area (Å²) < 4.78 is 0. The van der Waals surface area contributed by atoms with Gasteiger partial charge in [-0.3, -0.25) is 0 Å². The molecule has 1 unspecified atom stereocenters. The van der Waals surface area contributed by atoms with E-state index < -0.39 is 5.60 Å². The second-order valence-corrected chi connectivity index (χ2v) is 3.92. The molecule has 0 spiro atoms. The lowest BCUT2D eigenvalue weighted by molar-refractivity contribution is -0.111. The largest absolute Gasteiger partial charge is 0.377 e. The maximum Gasteiger partial charge on any atom is 0.128 e. The number of rotatable bonds is 0. The number of terminal acetylenes is 1. The first-order valence-electron chi connectivity index (χ1n) is 4.46. The van der Waals surface area contributed by atoms with Crippen LogP contribution in [0.1, 0.15) is 32.1 Å². The molecule has 0 radical (unpaired) electrons. The summed E-state index contributed by atoms with van der Waals surface area (Å²) in [5.41, 5.74) is -0.717. The quantitative estimate of drug-likeness (QED) is 0.519. The molecule has 0 bridgehead atoms. The van der Waals surface area contributed by atoms with Crippen LogP contribution in [0.5, 0.6) is 0 Å². The minimum Gasteiger partial charge on any atom is -0.377 e. The summed E-state index contributed by atoms with van der Waals surface area (Å²) >= 11 is 0. The maximum absolute atomic E-state index is 9.78. The van der Waals surface area contributed by atoms with Gasteiger partial charge in [-0.1, -0.05) is 18.8 Å². The smallest absolute Gasteiger partial charge is 0.128 e. The van der Waals surface area contributed by atoms with Gasteiger partial charge in [0.25, 0.3) is 0 Å². The third-order valence-corrected chi connectivity index (χ3v) is 3.35. The van der Waals surface area contributed by atoms with Gasteiger partial charge in [0.1, 0.15) is 5.60 Å². The first kappa shape index (κ1) is 7.18. The summed E-state index contributed by atoms with van der Waals surface area (Å²) in [6, 6.07) is 0. The van der Waals surface area contributed by atoms with E-state index in [4.69, 9.17) is 6.42 Å². The van der Waals surface area contributed by atoms with Crippen molar-refractivity contribution >= 4 is 0 Å². The molecule has 3 atom stereocenters. The standard InChI is InChI=1S/C10H14O/c1-2-10(11)7-8-5-3-4-6-9(8)10/h1,8-9,11H,3-7H2/t8-,9-,10?/m1/s1. The predicted molar refractivity (Wildman–Crippen MR) is 43.8 cm³/mol. The van der Waals surface area contributed by atoms with Crippen molar-refractivity contribution in [3.05, 3.63) is 0 Å². The molecule has 0 heterocycles. The average molecular weight is 150 g/mol. The van der Waals surface area contributed by atoms with Gasteiger partial charge in [-0.15, -0.1) is 6.42 Å². The fraction of sp³-hybridized carbons (Fsp3) is 0.800.